The fraction of sp³-hybridized carbons (Fsp3) is 0.318. The van der Waals surface area contributed by atoms with Crippen LogP contribution < -0.4 is 0 Å². The maximum absolute atomic E-state index is 8.49. The smallest absolute Gasteiger partial charge is 0.0406 e. The van der Waals surface area contributed by atoms with E-state index >= 15 is 0 Å². The SMILES string of the molecule is Cc1cc(-c2ccc(Cl)cc2)cc(C)c1C1=CCC(C)(C)CC1=N. The third-order valence-electron chi connectivity index (χ3n) is 4.82. The largest absolute Gasteiger partial charge is 0.305 e. The van der Waals surface area contributed by atoms with Gasteiger partial charge >= 0.3 is 0 Å². The number of hydrogen-bond acceptors (Lipinski definition) is 1. The Kier molecular flexibility index (Phi) is 4.40. The zero-order valence-corrected chi connectivity index (χ0v) is 15.6. The Morgan fingerprint density at radius 3 is 2.08 bits per heavy atom. The Morgan fingerprint density at radius 1 is 0.958 bits per heavy atom. The molecule has 0 aliphatic heterocycles. The third-order valence-corrected chi connectivity index (χ3v) is 5.07. The maximum Gasteiger partial charge on any atom is 0.0406 e. The van der Waals surface area contributed by atoms with Crippen LogP contribution in [0.3, 0.4) is 0 Å². The number of hydrogen-bond donors (Lipinski definition) is 1. The van der Waals surface area contributed by atoms with Gasteiger partial charge in [-0.3, -0.25) is 0 Å². The second kappa shape index (κ2) is 6.22. The molecular weight excluding hydrogens is 314 g/mol. The quantitative estimate of drug-likeness (QED) is 0.619. The van der Waals surface area contributed by atoms with E-state index in [-0.39, 0.29) is 5.41 Å². The molecule has 124 valence electrons. The number of benzene rings is 2. The molecule has 0 bridgehead atoms. The molecule has 0 aromatic heterocycles. The number of allylic oxidation sites excluding steroid dienone is 2. The standard InChI is InChI=1S/C22H24ClN/c1-14-11-17(16-5-7-18(23)8-6-16)12-15(2)21(14)19-9-10-22(3,4)13-20(19)24/h5-9,11-12,24H,10,13H2,1-4H3. The van der Waals surface area contributed by atoms with Crippen LogP contribution in [0, 0.1) is 24.7 Å². The van der Waals surface area contributed by atoms with Gasteiger partial charge in [0.1, 0.15) is 0 Å². The van der Waals surface area contributed by atoms with Crippen LogP contribution in [-0.4, -0.2) is 5.71 Å². The van der Waals surface area contributed by atoms with Crippen LogP contribution in [0.2, 0.25) is 5.02 Å². The van der Waals surface area contributed by atoms with E-state index in [1.165, 1.54) is 27.8 Å². The van der Waals surface area contributed by atoms with Crippen molar-refractivity contribution in [2.75, 3.05) is 0 Å². The first-order chi connectivity index (χ1) is 11.3. The molecule has 3 rings (SSSR count). The van der Waals surface area contributed by atoms with Gasteiger partial charge in [0, 0.05) is 10.7 Å². The number of nitrogens with one attached hydrogen (secondary N) is 1. The number of halogens is 1. The molecule has 1 N–H and O–H groups in total. The first-order valence-corrected chi connectivity index (χ1v) is 8.80. The molecule has 1 nitrogen and oxygen atoms in total. The van der Waals surface area contributed by atoms with Crippen molar-refractivity contribution in [3.8, 4) is 11.1 Å². The lowest BCUT2D eigenvalue weighted by molar-refractivity contribution is 0.385. The van der Waals surface area contributed by atoms with Crippen LogP contribution in [0.15, 0.2) is 42.5 Å². The average Bonchev–Trinajstić information content (AvgIpc) is 2.48. The van der Waals surface area contributed by atoms with E-state index in [1.807, 2.05) is 12.1 Å². The summed E-state index contributed by atoms with van der Waals surface area (Å²) in [4.78, 5) is 0. The fourth-order valence-electron chi connectivity index (χ4n) is 3.60. The summed E-state index contributed by atoms with van der Waals surface area (Å²) in [7, 11) is 0. The van der Waals surface area contributed by atoms with Gasteiger partial charge in [-0.1, -0.05) is 55.8 Å². The van der Waals surface area contributed by atoms with E-state index in [0.29, 0.717) is 0 Å². The molecule has 1 aliphatic rings. The molecule has 0 saturated heterocycles. The van der Waals surface area contributed by atoms with Crippen molar-refractivity contribution >= 4 is 22.9 Å². The van der Waals surface area contributed by atoms with E-state index in [4.69, 9.17) is 17.0 Å². The summed E-state index contributed by atoms with van der Waals surface area (Å²) in [6.07, 6.45) is 4.13. The molecule has 0 unspecified atom stereocenters. The molecule has 0 amide bonds. The van der Waals surface area contributed by atoms with Crippen LogP contribution in [0.5, 0.6) is 0 Å². The van der Waals surface area contributed by atoms with Crippen LogP contribution >= 0.6 is 11.6 Å². The third kappa shape index (κ3) is 3.32. The van der Waals surface area contributed by atoms with Crippen molar-refractivity contribution < 1.29 is 0 Å². The summed E-state index contributed by atoms with van der Waals surface area (Å²) in [6, 6.07) is 12.4. The summed E-state index contributed by atoms with van der Waals surface area (Å²) >= 11 is 6.00. The van der Waals surface area contributed by atoms with Gasteiger partial charge in [-0.25, -0.2) is 0 Å². The van der Waals surface area contributed by atoms with E-state index in [9.17, 15) is 0 Å². The maximum atomic E-state index is 8.49. The summed E-state index contributed by atoms with van der Waals surface area (Å²) in [6.45, 7) is 8.77. The Bertz CT molecular complexity index is 803. The average molecular weight is 338 g/mol. The molecule has 0 spiro atoms. The minimum absolute atomic E-state index is 0.200. The van der Waals surface area contributed by atoms with Crippen LogP contribution in [0.25, 0.3) is 16.7 Å². The Balaban J connectivity index is 2.04. The second-order valence-electron chi connectivity index (χ2n) is 7.63. The number of aryl methyl sites for hydroxylation is 2. The van der Waals surface area contributed by atoms with Gasteiger partial charge in [-0.15, -0.1) is 0 Å². The van der Waals surface area contributed by atoms with Gasteiger partial charge in [0.05, 0.1) is 0 Å². The number of rotatable bonds is 2. The monoisotopic (exact) mass is 337 g/mol. The highest BCUT2D eigenvalue weighted by atomic mass is 35.5. The molecule has 0 radical (unpaired) electrons. The molecule has 2 aromatic rings. The summed E-state index contributed by atoms with van der Waals surface area (Å²) in [5, 5.41) is 9.25. The van der Waals surface area contributed by atoms with E-state index in [0.717, 1.165) is 29.1 Å². The molecule has 0 atom stereocenters. The highest BCUT2D eigenvalue weighted by molar-refractivity contribution is 6.30. The van der Waals surface area contributed by atoms with Crippen molar-refractivity contribution in [3.05, 3.63) is 64.2 Å². The second-order valence-corrected chi connectivity index (χ2v) is 8.07. The van der Waals surface area contributed by atoms with Gasteiger partial charge in [0.2, 0.25) is 0 Å². The molecule has 1 aliphatic carbocycles. The zero-order chi connectivity index (χ0) is 17.5. The van der Waals surface area contributed by atoms with Gasteiger partial charge < -0.3 is 5.41 Å². The zero-order valence-electron chi connectivity index (χ0n) is 14.8. The van der Waals surface area contributed by atoms with Crippen LogP contribution in [0.4, 0.5) is 0 Å². The summed E-state index contributed by atoms with van der Waals surface area (Å²) < 4.78 is 0. The summed E-state index contributed by atoms with van der Waals surface area (Å²) in [5.74, 6) is 0. The van der Waals surface area contributed by atoms with Gasteiger partial charge in [-0.2, -0.15) is 0 Å². The van der Waals surface area contributed by atoms with E-state index in [2.05, 4.69) is 58.0 Å². The summed E-state index contributed by atoms with van der Waals surface area (Å²) in [5.41, 5.74) is 8.15. The first kappa shape index (κ1) is 17.0. The van der Waals surface area contributed by atoms with Crippen molar-refractivity contribution in [2.45, 2.75) is 40.5 Å². The lowest BCUT2D eigenvalue weighted by Gasteiger charge is -2.30. The normalized spacial score (nSPS) is 16.9. The predicted molar refractivity (Wildman–Crippen MR) is 105 cm³/mol. The van der Waals surface area contributed by atoms with Crippen molar-refractivity contribution in [1.29, 1.82) is 5.41 Å². The minimum atomic E-state index is 0.200. The predicted octanol–water partition coefficient (Wildman–Crippen LogP) is 6.85. The lowest BCUT2D eigenvalue weighted by Crippen LogP contribution is -2.22. The molecular formula is C22H24ClN. The highest BCUT2D eigenvalue weighted by Gasteiger charge is 2.27. The van der Waals surface area contributed by atoms with Crippen molar-refractivity contribution in [2.24, 2.45) is 5.41 Å². The van der Waals surface area contributed by atoms with Crippen LogP contribution in [-0.2, 0) is 0 Å². The Labute approximate surface area is 149 Å². The molecule has 2 aromatic carbocycles. The van der Waals surface area contributed by atoms with Crippen molar-refractivity contribution in [3.63, 3.8) is 0 Å². The molecule has 0 saturated carbocycles. The first-order valence-electron chi connectivity index (χ1n) is 8.42. The van der Waals surface area contributed by atoms with Crippen LogP contribution in [0.1, 0.15) is 43.4 Å². The highest BCUT2D eigenvalue weighted by Crippen LogP contribution is 2.38. The topological polar surface area (TPSA) is 23.9 Å². The minimum Gasteiger partial charge on any atom is -0.305 e. The van der Waals surface area contributed by atoms with Gasteiger partial charge in [0.15, 0.2) is 0 Å². The lowest BCUT2D eigenvalue weighted by atomic mass is 9.74. The molecule has 0 fully saturated rings. The molecule has 0 heterocycles. The Hall–Kier alpha value is -1.86. The molecule has 24 heavy (non-hydrogen) atoms. The van der Waals surface area contributed by atoms with E-state index in [1.54, 1.807) is 0 Å². The van der Waals surface area contributed by atoms with Gasteiger partial charge in [0.25, 0.3) is 0 Å². The van der Waals surface area contributed by atoms with Gasteiger partial charge in [-0.05, 0) is 77.6 Å². The van der Waals surface area contributed by atoms with Crippen molar-refractivity contribution in [1.82, 2.24) is 0 Å². The molecule has 2 heteroatoms. The Morgan fingerprint density at radius 2 is 1.54 bits per heavy atom. The fourth-order valence-corrected chi connectivity index (χ4v) is 3.72. The van der Waals surface area contributed by atoms with E-state index < -0.39 is 0 Å².